The van der Waals surface area contributed by atoms with Crippen LogP contribution >= 0.6 is 11.3 Å². The summed E-state index contributed by atoms with van der Waals surface area (Å²) in [6.07, 6.45) is 2.78. The number of benzene rings is 1. The highest BCUT2D eigenvalue weighted by atomic mass is 32.1. The molecule has 5 nitrogen and oxygen atoms in total. The van der Waals surface area contributed by atoms with Crippen LogP contribution in [0.3, 0.4) is 0 Å². The van der Waals surface area contributed by atoms with Gasteiger partial charge in [0.2, 0.25) is 0 Å². The van der Waals surface area contributed by atoms with Crippen molar-refractivity contribution in [2.45, 2.75) is 26.2 Å². The van der Waals surface area contributed by atoms with Gasteiger partial charge in [-0.1, -0.05) is 19.1 Å². The van der Waals surface area contributed by atoms with Crippen molar-refractivity contribution in [2.24, 2.45) is 11.7 Å². The molecule has 2 aromatic rings. The van der Waals surface area contributed by atoms with Gasteiger partial charge in [-0.05, 0) is 42.9 Å². The number of anilines is 1. The van der Waals surface area contributed by atoms with Crippen LogP contribution in [0.1, 0.15) is 44.5 Å². The summed E-state index contributed by atoms with van der Waals surface area (Å²) in [5.41, 5.74) is 7.47. The van der Waals surface area contributed by atoms with Gasteiger partial charge in [0.25, 0.3) is 11.8 Å². The molecular weight excluding hydrogens is 324 g/mol. The van der Waals surface area contributed by atoms with Crippen molar-refractivity contribution >= 4 is 28.2 Å². The van der Waals surface area contributed by atoms with Gasteiger partial charge in [0.1, 0.15) is 10.8 Å². The summed E-state index contributed by atoms with van der Waals surface area (Å²) in [6, 6.07) is 6.99. The molecule has 3 rings (SSSR count). The zero-order valence-corrected chi connectivity index (χ0v) is 14.5. The fraction of sp³-hybridized carbons (Fsp3) is 0.333. The van der Waals surface area contributed by atoms with Crippen molar-refractivity contribution in [3.8, 4) is 5.75 Å². The lowest BCUT2D eigenvalue weighted by Gasteiger charge is -2.18. The van der Waals surface area contributed by atoms with Gasteiger partial charge in [-0.2, -0.15) is 0 Å². The second kappa shape index (κ2) is 6.65. The molecule has 24 heavy (non-hydrogen) atoms. The Morgan fingerprint density at radius 2 is 2.08 bits per heavy atom. The van der Waals surface area contributed by atoms with Crippen molar-refractivity contribution in [1.82, 2.24) is 0 Å². The number of hydrogen-bond donors (Lipinski definition) is 2. The number of nitrogens with two attached hydrogens (primary N) is 1. The van der Waals surface area contributed by atoms with Crippen LogP contribution < -0.4 is 15.8 Å². The van der Waals surface area contributed by atoms with E-state index in [-0.39, 0.29) is 5.91 Å². The molecule has 2 amide bonds. The quantitative estimate of drug-likeness (QED) is 0.893. The second-order valence-electron chi connectivity index (χ2n) is 6.07. The number of rotatable bonds is 4. The predicted molar refractivity (Wildman–Crippen MR) is 95.0 cm³/mol. The number of primary amides is 1. The molecule has 1 aromatic heterocycles. The zero-order chi connectivity index (χ0) is 17.3. The Kier molecular flexibility index (Phi) is 4.57. The molecule has 0 saturated carbocycles. The van der Waals surface area contributed by atoms with Gasteiger partial charge in [0, 0.05) is 4.88 Å². The minimum absolute atomic E-state index is 0.304. The van der Waals surface area contributed by atoms with Crippen molar-refractivity contribution in [3.05, 3.63) is 45.8 Å². The molecule has 1 aliphatic carbocycles. The summed E-state index contributed by atoms with van der Waals surface area (Å²) in [4.78, 5) is 25.7. The van der Waals surface area contributed by atoms with Crippen LogP contribution in [0, 0.1) is 5.92 Å². The summed E-state index contributed by atoms with van der Waals surface area (Å²) >= 11 is 1.46. The first-order valence-corrected chi connectivity index (χ1v) is 8.71. The summed E-state index contributed by atoms with van der Waals surface area (Å²) < 4.78 is 5.23. The van der Waals surface area contributed by atoms with Crippen LogP contribution in [-0.4, -0.2) is 18.9 Å². The standard InChI is InChI=1S/C18H20N2O3S/c1-10-7-8-12-14(9-10)24-18(15(12)16(19)21)20-17(22)11-5-3-4-6-13(11)23-2/h3-6,10H,7-9H2,1-2H3,(H2,19,21)(H,20,22). The van der Waals surface area contributed by atoms with Gasteiger partial charge in [-0.3, -0.25) is 9.59 Å². The van der Waals surface area contributed by atoms with E-state index in [0.29, 0.717) is 27.8 Å². The van der Waals surface area contributed by atoms with Crippen LogP contribution in [0.2, 0.25) is 0 Å². The molecule has 0 fully saturated rings. The highest BCUT2D eigenvalue weighted by molar-refractivity contribution is 7.17. The number of carbonyl (C=O) groups excluding carboxylic acids is 2. The molecule has 1 unspecified atom stereocenters. The lowest BCUT2D eigenvalue weighted by Crippen LogP contribution is -2.19. The van der Waals surface area contributed by atoms with Crippen molar-refractivity contribution in [1.29, 1.82) is 0 Å². The third-order valence-electron chi connectivity index (χ3n) is 4.34. The molecule has 0 saturated heterocycles. The summed E-state index contributed by atoms with van der Waals surface area (Å²) in [7, 11) is 1.52. The lowest BCUT2D eigenvalue weighted by molar-refractivity contribution is 0.1000. The highest BCUT2D eigenvalue weighted by Crippen LogP contribution is 2.39. The maximum Gasteiger partial charge on any atom is 0.260 e. The highest BCUT2D eigenvalue weighted by Gasteiger charge is 2.27. The van der Waals surface area contributed by atoms with Gasteiger partial charge in [0.05, 0.1) is 18.2 Å². The van der Waals surface area contributed by atoms with E-state index in [4.69, 9.17) is 10.5 Å². The minimum Gasteiger partial charge on any atom is -0.496 e. The Bertz CT molecular complexity index is 798. The monoisotopic (exact) mass is 344 g/mol. The first kappa shape index (κ1) is 16.5. The van der Waals surface area contributed by atoms with E-state index in [0.717, 1.165) is 29.7 Å². The van der Waals surface area contributed by atoms with E-state index < -0.39 is 5.91 Å². The smallest absolute Gasteiger partial charge is 0.260 e. The summed E-state index contributed by atoms with van der Waals surface area (Å²) in [5, 5.41) is 3.39. The number of fused-ring (bicyclic) bond motifs is 1. The number of carbonyl (C=O) groups is 2. The first-order valence-electron chi connectivity index (χ1n) is 7.90. The molecule has 0 radical (unpaired) electrons. The first-order chi connectivity index (χ1) is 11.5. The SMILES string of the molecule is COc1ccccc1C(=O)Nc1sc2c(c1C(N)=O)CCC(C)C2. The van der Waals surface area contributed by atoms with Crippen LogP contribution in [0.15, 0.2) is 24.3 Å². The Hall–Kier alpha value is -2.34. The number of amides is 2. The van der Waals surface area contributed by atoms with Crippen LogP contribution in [0.5, 0.6) is 5.75 Å². The molecule has 0 bridgehead atoms. The van der Waals surface area contributed by atoms with Crippen LogP contribution in [0.25, 0.3) is 0 Å². The number of methoxy groups -OCH3 is 1. The maximum atomic E-state index is 12.6. The van der Waals surface area contributed by atoms with Crippen molar-refractivity contribution in [3.63, 3.8) is 0 Å². The van der Waals surface area contributed by atoms with E-state index in [1.54, 1.807) is 24.3 Å². The predicted octanol–water partition coefficient (Wildman–Crippen LogP) is 3.23. The van der Waals surface area contributed by atoms with Gasteiger partial charge >= 0.3 is 0 Å². The molecule has 1 aromatic carbocycles. The minimum atomic E-state index is -0.489. The third-order valence-corrected chi connectivity index (χ3v) is 5.51. The zero-order valence-electron chi connectivity index (χ0n) is 13.7. The number of para-hydroxylation sites is 1. The fourth-order valence-corrected chi connectivity index (χ4v) is 4.51. The molecule has 126 valence electrons. The Balaban J connectivity index is 1.95. The van der Waals surface area contributed by atoms with Crippen LogP contribution in [-0.2, 0) is 12.8 Å². The molecule has 1 aliphatic rings. The van der Waals surface area contributed by atoms with Gasteiger partial charge in [0.15, 0.2) is 0 Å². The molecule has 1 atom stereocenters. The van der Waals surface area contributed by atoms with Crippen LogP contribution in [0.4, 0.5) is 5.00 Å². The third kappa shape index (κ3) is 3.01. The number of ether oxygens (including phenoxy) is 1. The summed E-state index contributed by atoms with van der Waals surface area (Å²) in [5.74, 6) is 0.277. The maximum absolute atomic E-state index is 12.6. The number of nitrogens with one attached hydrogen (secondary N) is 1. The Morgan fingerprint density at radius 1 is 1.33 bits per heavy atom. The molecule has 3 N–H and O–H groups in total. The van der Waals surface area contributed by atoms with E-state index in [2.05, 4.69) is 12.2 Å². The Labute approximate surface area is 144 Å². The molecular formula is C18H20N2O3S. The average molecular weight is 344 g/mol. The Morgan fingerprint density at radius 3 is 2.79 bits per heavy atom. The van der Waals surface area contributed by atoms with Gasteiger partial charge in [-0.15, -0.1) is 11.3 Å². The molecule has 0 aliphatic heterocycles. The van der Waals surface area contributed by atoms with Crippen molar-refractivity contribution < 1.29 is 14.3 Å². The van der Waals surface area contributed by atoms with Gasteiger partial charge < -0.3 is 15.8 Å². The van der Waals surface area contributed by atoms with Gasteiger partial charge in [-0.25, -0.2) is 0 Å². The molecule has 0 spiro atoms. The normalized spacial score (nSPS) is 16.3. The second-order valence-corrected chi connectivity index (χ2v) is 7.18. The topological polar surface area (TPSA) is 81.4 Å². The molecule has 6 heteroatoms. The fourth-order valence-electron chi connectivity index (χ4n) is 3.10. The number of thiophene rings is 1. The summed E-state index contributed by atoms with van der Waals surface area (Å²) in [6.45, 7) is 2.19. The average Bonchev–Trinajstić information content (AvgIpc) is 2.91. The number of hydrogen-bond acceptors (Lipinski definition) is 4. The van der Waals surface area contributed by atoms with E-state index >= 15 is 0 Å². The van der Waals surface area contributed by atoms with E-state index in [1.807, 2.05) is 0 Å². The lowest BCUT2D eigenvalue weighted by atomic mass is 9.88. The van der Waals surface area contributed by atoms with E-state index in [1.165, 1.54) is 18.4 Å². The molecule has 1 heterocycles. The largest absolute Gasteiger partial charge is 0.496 e. The van der Waals surface area contributed by atoms with Crippen molar-refractivity contribution in [2.75, 3.05) is 12.4 Å². The van der Waals surface area contributed by atoms with E-state index in [9.17, 15) is 9.59 Å².